The van der Waals surface area contributed by atoms with Crippen molar-refractivity contribution < 1.29 is 27.0 Å². The lowest BCUT2D eigenvalue weighted by atomic mass is 9.66. The van der Waals surface area contributed by atoms with Gasteiger partial charge in [0.2, 0.25) is 11.8 Å². The summed E-state index contributed by atoms with van der Waals surface area (Å²) in [6.45, 7) is 6.92. The maximum absolute atomic E-state index is 14.1. The number of nitrogens with one attached hydrogen (secondary N) is 2. The van der Waals surface area contributed by atoms with Gasteiger partial charge in [0.15, 0.2) is 5.58 Å². The fraction of sp³-hybridized carbons (Fsp3) is 0.293. The maximum Gasteiger partial charge on any atom is 0.266 e. The zero-order valence-corrected chi connectivity index (χ0v) is 29.7. The second-order valence-corrected chi connectivity index (χ2v) is 16.0. The lowest BCUT2D eigenvalue weighted by molar-refractivity contribution is -0.117. The van der Waals surface area contributed by atoms with E-state index in [4.69, 9.17) is 8.97 Å². The van der Waals surface area contributed by atoms with E-state index in [-0.39, 0.29) is 23.3 Å². The standard InChI is InChI=1S/C41H41N3O6S/c1-40(2)31-20-21-41(40,3)34(25-31)28-14-12-27(13-15-28)33(24-26-8-10-29(11-9-26)37(45)42-22-23-51(47,48)49)38(46)43-32-18-16-30(17-19-32)39-44-35-6-4-5-7-36(35)50-39/h4-19,25,31,33H,20-24H2,1-3H3,(H,42,45)(H,43,46)(H,47,48,49)/t31?,33-,41?/m0/s1. The zero-order valence-electron chi connectivity index (χ0n) is 28.8. The highest BCUT2D eigenvalue weighted by Crippen LogP contribution is 2.67. The number of aromatic nitrogens is 1. The normalized spacial score (nSPS) is 19.8. The molecule has 2 bridgehead atoms. The number of amides is 2. The summed E-state index contributed by atoms with van der Waals surface area (Å²) in [5.41, 5.74) is 7.89. The Balaban J connectivity index is 1.11. The Bertz CT molecular complexity index is 2210. The van der Waals surface area contributed by atoms with E-state index in [1.807, 2.05) is 48.5 Å². The molecule has 1 heterocycles. The number of oxazole rings is 1. The van der Waals surface area contributed by atoms with E-state index in [1.54, 1.807) is 24.3 Å². The van der Waals surface area contributed by atoms with Gasteiger partial charge >= 0.3 is 0 Å². The predicted molar refractivity (Wildman–Crippen MR) is 199 cm³/mol. The van der Waals surface area contributed by atoms with Crippen molar-refractivity contribution in [2.45, 2.75) is 46.0 Å². The molecule has 4 aromatic carbocycles. The number of allylic oxidation sites excluding steroid dienone is 2. The second-order valence-electron chi connectivity index (χ2n) is 14.5. The van der Waals surface area contributed by atoms with Crippen LogP contribution in [0.15, 0.2) is 108 Å². The average molecular weight is 704 g/mol. The van der Waals surface area contributed by atoms with Crippen LogP contribution < -0.4 is 10.6 Å². The van der Waals surface area contributed by atoms with Gasteiger partial charge in [0.25, 0.3) is 16.0 Å². The molecule has 1 fully saturated rings. The highest BCUT2D eigenvalue weighted by Gasteiger charge is 2.57. The average Bonchev–Trinajstić information content (AvgIpc) is 3.70. The van der Waals surface area contributed by atoms with Crippen molar-refractivity contribution in [1.29, 1.82) is 0 Å². The summed E-state index contributed by atoms with van der Waals surface area (Å²) in [6, 6.07) is 30.3. The van der Waals surface area contributed by atoms with Gasteiger partial charge in [-0.05, 0) is 107 Å². The smallest absolute Gasteiger partial charge is 0.266 e. The summed E-state index contributed by atoms with van der Waals surface area (Å²) in [4.78, 5) is 31.2. The molecule has 9 nitrogen and oxygen atoms in total. The number of nitrogens with zero attached hydrogens (tertiary/aromatic N) is 1. The number of carbonyl (C=O) groups excluding carboxylic acids is 2. The SMILES string of the molecule is CC12CCC(C=C1c1ccc([C@H](Cc3ccc(C(=O)NCCS(=O)(=O)O)cc3)C(=O)Nc3ccc(-c4nc5ccccc5o4)cc3)cc1)C2(C)C. The molecule has 3 N–H and O–H groups in total. The summed E-state index contributed by atoms with van der Waals surface area (Å²) in [5, 5.41) is 5.60. The summed E-state index contributed by atoms with van der Waals surface area (Å²) in [7, 11) is -4.18. The lowest BCUT2D eigenvalue weighted by Gasteiger charge is -2.37. The Morgan fingerprint density at radius 3 is 2.24 bits per heavy atom. The summed E-state index contributed by atoms with van der Waals surface area (Å²) < 4.78 is 36.9. The predicted octanol–water partition coefficient (Wildman–Crippen LogP) is 7.92. The van der Waals surface area contributed by atoms with Crippen LogP contribution in [0.1, 0.15) is 66.6 Å². The van der Waals surface area contributed by atoms with E-state index in [9.17, 15) is 18.0 Å². The van der Waals surface area contributed by atoms with Crippen LogP contribution in [0.3, 0.4) is 0 Å². The fourth-order valence-electron chi connectivity index (χ4n) is 7.71. The molecule has 1 aromatic heterocycles. The molecule has 5 aromatic rings. The second kappa shape index (κ2) is 13.2. The van der Waals surface area contributed by atoms with E-state index in [2.05, 4.69) is 66.7 Å². The van der Waals surface area contributed by atoms with Crippen molar-refractivity contribution in [1.82, 2.24) is 10.3 Å². The molecule has 2 aliphatic carbocycles. The number of fused-ring (bicyclic) bond motifs is 3. The van der Waals surface area contributed by atoms with Crippen molar-refractivity contribution in [3.8, 4) is 11.5 Å². The van der Waals surface area contributed by atoms with Crippen molar-refractivity contribution in [2.24, 2.45) is 16.7 Å². The van der Waals surface area contributed by atoms with Crippen LogP contribution in [0.5, 0.6) is 0 Å². The Hall–Kier alpha value is -5.06. The molecular formula is C41H41N3O6S. The van der Waals surface area contributed by atoms with Gasteiger partial charge < -0.3 is 15.1 Å². The quantitative estimate of drug-likeness (QED) is 0.119. The Morgan fingerprint density at radius 2 is 1.61 bits per heavy atom. The number of hydrogen-bond donors (Lipinski definition) is 3. The van der Waals surface area contributed by atoms with E-state index in [0.717, 1.165) is 22.2 Å². The van der Waals surface area contributed by atoms with Gasteiger partial charge in [-0.2, -0.15) is 8.42 Å². The first kappa shape index (κ1) is 34.4. The number of carbonyl (C=O) groups is 2. The molecule has 2 unspecified atom stereocenters. The first-order valence-corrected chi connectivity index (χ1v) is 18.8. The number of para-hydroxylation sites is 2. The number of anilines is 1. The van der Waals surface area contributed by atoms with Gasteiger partial charge in [-0.25, -0.2) is 4.98 Å². The van der Waals surface area contributed by atoms with Crippen molar-refractivity contribution in [2.75, 3.05) is 17.6 Å². The molecule has 2 aliphatic rings. The molecule has 51 heavy (non-hydrogen) atoms. The molecule has 262 valence electrons. The van der Waals surface area contributed by atoms with Crippen LogP contribution in [-0.4, -0.2) is 42.1 Å². The molecule has 0 aliphatic heterocycles. The molecule has 3 atom stereocenters. The highest BCUT2D eigenvalue weighted by molar-refractivity contribution is 7.85. The van der Waals surface area contributed by atoms with E-state index in [0.29, 0.717) is 35.1 Å². The molecule has 7 rings (SSSR count). The van der Waals surface area contributed by atoms with Crippen molar-refractivity contribution in [3.05, 3.63) is 125 Å². The van der Waals surface area contributed by atoms with Crippen LogP contribution in [0.25, 0.3) is 28.1 Å². The molecule has 2 amide bonds. The maximum atomic E-state index is 14.1. The van der Waals surface area contributed by atoms with Crippen molar-refractivity contribution >= 4 is 44.3 Å². The lowest BCUT2D eigenvalue weighted by Crippen LogP contribution is -2.29. The van der Waals surface area contributed by atoms with Crippen LogP contribution in [0.2, 0.25) is 0 Å². The van der Waals surface area contributed by atoms with Gasteiger partial charge in [0.05, 0.1) is 11.7 Å². The third-order valence-corrected chi connectivity index (χ3v) is 11.9. The summed E-state index contributed by atoms with van der Waals surface area (Å²) in [5.74, 6) is -0.658. The third-order valence-electron chi connectivity index (χ3n) is 11.2. The largest absolute Gasteiger partial charge is 0.436 e. The topological polar surface area (TPSA) is 139 Å². The van der Waals surface area contributed by atoms with Gasteiger partial charge in [-0.3, -0.25) is 14.1 Å². The minimum atomic E-state index is -4.18. The number of rotatable bonds is 11. The van der Waals surface area contributed by atoms with Crippen LogP contribution >= 0.6 is 0 Å². The molecular weight excluding hydrogens is 663 g/mol. The minimum Gasteiger partial charge on any atom is -0.436 e. The number of benzene rings is 4. The molecule has 1 saturated carbocycles. The monoisotopic (exact) mass is 703 g/mol. The first-order chi connectivity index (χ1) is 24.3. The highest BCUT2D eigenvalue weighted by atomic mass is 32.2. The van der Waals surface area contributed by atoms with Crippen LogP contribution in [0.4, 0.5) is 5.69 Å². The van der Waals surface area contributed by atoms with Gasteiger partial charge in [0, 0.05) is 23.4 Å². The van der Waals surface area contributed by atoms with Gasteiger partial charge in [-0.15, -0.1) is 0 Å². The summed E-state index contributed by atoms with van der Waals surface area (Å²) >= 11 is 0. The van der Waals surface area contributed by atoms with E-state index in [1.165, 1.54) is 24.0 Å². The molecule has 0 spiro atoms. The zero-order chi connectivity index (χ0) is 36.0. The van der Waals surface area contributed by atoms with Crippen LogP contribution in [0, 0.1) is 16.7 Å². The van der Waals surface area contributed by atoms with Gasteiger partial charge in [-0.1, -0.05) is 75.4 Å². The van der Waals surface area contributed by atoms with E-state index >= 15 is 0 Å². The van der Waals surface area contributed by atoms with Gasteiger partial charge in [0.1, 0.15) is 5.52 Å². The minimum absolute atomic E-state index is 0.112. The summed E-state index contributed by atoms with van der Waals surface area (Å²) in [6.07, 6.45) is 5.22. The number of hydrogen-bond acceptors (Lipinski definition) is 6. The molecule has 10 heteroatoms. The first-order valence-electron chi connectivity index (χ1n) is 17.2. The van der Waals surface area contributed by atoms with Crippen molar-refractivity contribution in [3.63, 3.8) is 0 Å². The third kappa shape index (κ3) is 6.86. The molecule has 0 saturated heterocycles. The molecule has 0 radical (unpaired) electrons. The fourth-order valence-corrected chi connectivity index (χ4v) is 8.07. The Morgan fingerprint density at radius 1 is 0.922 bits per heavy atom. The van der Waals surface area contributed by atoms with E-state index < -0.39 is 27.7 Å². The Kier molecular flexibility index (Phi) is 8.93. The van der Waals surface area contributed by atoms with Crippen LogP contribution in [-0.2, 0) is 21.3 Å². The Labute approximate surface area is 297 Å².